The van der Waals surface area contributed by atoms with Crippen molar-refractivity contribution in [1.82, 2.24) is 10.2 Å². The van der Waals surface area contributed by atoms with Crippen LogP contribution < -0.4 is 5.32 Å². The number of methoxy groups -OCH3 is 1. The minimum Gasteiger partial charge on any atom is -0.481 e. The third-order valence-electron chi connectivity index (χ3n) is 2.47. The Hall–Kier alpha value is -2.09. The molecular formula is C12H16N2O5S. The number of thiophene rings is 1. The van der Waals surface area contributed by atoms with Crippen LogP contribution in [0.1, 0.15) is 21.0 Å². The van der Waals surface area contributed by atoms with Crippen LogP contribution in [-0.2, 0) is 16.1 Å². The lowest BCUT2D eigenvalue weighted by Crippen LogP contribution is -2.37. The molecule has 20 heavy (non-hydrogen) atoms. The van der Waals surface area contributed by atoms with Crippen molar-refractivity contribution in [2.24, 2.45) is 0 Å². The van der Waals surface area contributed by atoms with Crippen LogP contribution in [0.25, 0.3) is 0 Å². The molecule has 0 radical (unpaired) electrons. The number of carboxylic acids is 1. The molecule has 0 aliphatic heterocycles. The molecule has 2 N–H and O–H groups in total. The van der Waals surface area contributed by atoms with Gasteiger partial charge >= 0.3 is 18.0 Å². The average Bonchev–Trinajstić information content (AvgIpc) is 2.89. The third-order valence-corrected chi connectivity index (χ3v) is 3.54. The van der Waals surface area contributed by atoms with E-state index in [2.05, 4.69) is 10.1 Å². The summed E-state index contributed by atoms with van der Waals surface area (Å²) in [6, 6.07) is 3.00. The van der Waals surface area contributed by atoms with Crippen molar-refractivity contribution in [2.45, 2.75) is 13.0 Å². The zero-order valence-corrected chi connectivity index (χ0v) is 12.0. The second-order valence-electron chi connectivity index (χ2n) is 3.98. The Kier molecular flexibility index (Phi) is 5.98. The highest BCUT2D eigenvalue weighted by molar-refractivity contribution is 7.13. The fourth-order valence-electron chi connectivity index (χ4n) is 1.35. The van der Waals surface area contributed by atoms with Gasteiger partial charge in [-0.15, -0.1) is 11.3 Å². The molecule has 110 valence electrons. The molecule has 2 amide bonds. The molecule has 1 aromatic rings. The monoisotopic (exact) mass is 300 g/mol. The number of hydrogen-bond donors (Lipinski definition) is 2. The fraction of sp³-hybridized carbons (Fsp3) is 0.417. The summed E-state index contributed by atoms with van der Waals surface area (Å²) in [4.78, 5) is 35.9. The molecule has 0 saturated carbocycles. The molecule has 1 heterocycles. The molecule has 0 aliphatic rings. The first kappa shape index (κ1) is 16.0. The van der Waals surface area contributed by atoms with Crippen molar-refractivity contribution in [3.8, 4) is 0 Å². The van der Waals surface area contributed by atoms with Gasteiger partial charge in [-0.2, -0.15) is 0 Å². The first-order valence-corrected chi connectivity index (χ1v) is 6.63. The molecule has 0 fully saturated rings. The van der Waals surface area contributed by atoms with Gasteiger partial charge in [0.15, 0.2) is 0 Å². The molecule has 8 heteroatoms. The van der Waals surface area contributed by atoms with E-state index in [0.29, 0.717) is 4.88 Å². The van der Waals surface area contributed by atoms with Crippen LogP contribution in [0.15, 0.2) is 12.1 Å². The Labute approximate surface area is 120 Å². The number of urea groups is 1. The number of hydrogen-bond acceptors (Lipinski definition) is 5. The molecule has 0 bridgehead atoms. The molecule has 0 aliphatic carbocycles. The van der Waals surface area contributed by atoms with Crippen molar-refractivity contribution in [3.05, 3.63) is 21.9 Å². The van der Waals surface area contributed by atoms with E-state index >= 15 is 0 Å². The van der Waals surface area contributed by atoms with Crippen LogP contribution >= 0.6 is 11.3 Å². The number of nitrogens with zero attached hydrogens (tertiary/aromatic N) is 1. The second kappa shape index (κ2) is 7.49. The number of amides is 2. The van der Waals surface area contributed by atoms with Crippen molar-refractivity contribution in [3.63, 3.8) is 0 Å². The number of carboxylic acid groups (broad SMARTS) is 1. The van der Waals surface area contributed by atoms with Crippen molar-refractivity contribution in [1.29, 1.82) is 0 Å². The highest BCUT2D eigenvalue weighted by Crippen LogP contribution is 2.17. The predicted octanol–water partition coefficient (Wildman–Crippen LogP) is 1.15. The molecule has 0 spiro atoms. The number of rotatable bonds is 6. The van der Waals surface area contributed by atoms with E-state index in [1.807, 2.05) is 0 Å². The largest absolute Gasteiger partial charge is 0.481 e. The number of carbonyl (C=O) groups is 3. The van der Waals surface area contributed by atoms with E-state index in [4.69, 9.17) is 5.11 Å². The molecule has 1 aromatic heterocycles. The number of ether oxygens (including phenoxy) is 1. The van der Waals surface area contributed by atoms with Crippen LogP contribution in [0.2, 0.25) is 0 Å². The van der Waals surface area contributed by atoms with E-state index in [-0.39, 0.29) is 25.5 Å². The molecule has 0 atom stereocenters. The minimum absolute atomic E-state index is 0.102. The van der Waals surface area contributed by atoms with Crippen molar-refractivity contribution < 1.29 is 24.2 Å². The Morgan fingerprint density at radius 1 is 1.40 bits per heavy atom. The first-order chi connectivity index (χ1) is 9.43. The zero-order chi connectivity index (χ0) is 15.1. The van der Waals surface area contributed by atoms with Crippen molar-refractivity contribution >= 4 is 29.3 Å². The van der Waals surface area contributed by atoms with E-state index < -0.39 is 11.9 Å². The van der Waals surface area contributed by atoms with Crippen molar-refractivity contribution in [2.75, 3.05) is 20.7 Å². The topological polar surface area (TPSA) is 95.9 Å². The third kappa shape index (κ3) is 4.88. The van der Waals surface area contributed by atoms with E-state index in [1.165, 1.54) is 30.4 Å². The van der Waals surface area contributed by atoms with Gasteiger partial charge in [-0.1, -0.05) is 0 Å². The van der Waals surface area contributed by atoms with Gasteiger partial charge in [0.1, 0.15) is 4.88 Å². The lowest BCUT2D eigenvalue weighted by Gasteiger charge is -2.16. The quantitative estimate of drug-likeness (QED) is 0.768. The summed E-state index contributed by atoms with van der Waals surface area (Å²) in [7, 11) is 2.83. The van der Waals surface area contributed by atoms with Gasteiger partial charge in [-0.25, -0.2) is 9.59 Å². The summed E-state index contributed by atoms with van der Waals surface area (Å²) in [5.41, 5.74) is 0. The van der Waals surface area contributed by atoms with Crippen LogP contribution in [0.5, 0.6) is 0 Å². The summed E-state index contributed by atoms with van der Waals surface area (Å²) >= 11 is 1.24. The Morgan fingerprint density at radius 2 is 2.10 bits per heavy atom. The minimum atomic E-state index is -0.953. The van der Waals surface area contributed by atoms with Gasteiger partial charge in [0.05, 0.1) is 20.1 Å². The van der Waals surface area contributed by atoms with Crippen LogP contribution in [0.3, 0.4) is 0 Å². The summed E-state index contributed by atoms with van der Waals surface area (Å²) in [5, 5.41) is 11.2. The standard InChI is InChI=1S/C12H16N2O5S/c1-14(6-5-10(15)16)12(18)13-7-8-3-4-9(20-8)11(17)19-2/h3-4H,5-7H2,1-2H3,(H,13,18)(H,15,16). The average molecular weight is 300 g/mol. The normalized spacial score (nSPS) is 9.90. The number of aliphatic carboxylic acids is 1. The lowest BCUT2D eigenvalue weighted by atomic mass is 10.4. The summed E-state index contributed by atoms with van der Waals surface area (Å²) in [6.45, 7) is 0.414. The van der Waals surface area contributed by atoms with E-state index in [9.17, 15) is 14.4 Å². The van der Waals surface area contributed by atoms with Gasteiger partial charge < -0.3 is 20.1 Å². The van der Waals surface area contributed by atoms with Crippen LogP contribution in [0.4, 0.5) is 4.79 Å². The SMILES string of the molecule is COC(=O)c1ccc(CNC(=O)N(C)CCC(=O)O)s1. The Morgan fingerprint density at radius 3 is 2.70 bits per heavy atom. The number of carbonyl (C=O) groups excluding carboxylic acids is 2. The maximum Gasteiger partial charge on any atom is 0.348 e. The highest BCUT2D eigenvalue weighted by atomic mass is 32.1. The number of nitrogens with one attached hydrogen (secondary N) is 1. The first-order valence-electron chi connectivity index (χ1n) is 5.81. The van der Waals surface area contributed by atoms with Gasteiger partial charge in [-0.05, 0) is 12.1 Å². The molecule has 0 unspecified atom stereocenters. The Bertz CT molecular complexity index is 500. The lowest BCUT2D eigenvalue weighted by molar-refractivity contribution is -0.137. The van der Waals surface area contributed by atoms with E-state index in [0.717, 1.165) is 4.88 Å². The maximum absolute atomic E-state index is 11.7. The predicted molar refractivity (Wildman–Crippen MR) is 72.8 cm³/mol. The van der Waals surface area contributed by atoms with E-state index in [1.54, 1.807) is 12.1 Å². The summed E-state index contributed by atoms with van der Waals surface area (Å²) in [5.74, 6) is -1.36. The summed E-state index contributed by atoms with van der Waals surface area (Å²) < 4.78 is 4.59. The Balaban J connectivity index is 2.42. The highest BCUT2D eigenvalue weighted by Gasteiger charge is 2.12. The smallest absolute Gasteiger partial charge is 0.348 e. The second-order valence-corrected chi connectivity index (χ2v) is 5.15. The molecule has 0 saturated heterocycles. The molecular weight excluding hydrogens is 284 g/mol. The summed E-state index contributed by atoms with van der Waals surface area (Å²) in [6.07, 6.45) is -0.102. The van der Waals surface area contributed by atoms with Gasteiger partial charge in [-0.3, -0.25) is 4.79 Å². The van der Waals surface area contributed by atoms with Crippen LogP contribution in [-0.4, -0.2) is 48.7 Å². The fourth-order valence-corrected chi connectivity index (χ4v) is 2.21. The maximum atomic E-state index is 11.7. The molecule has 0 aromatic carbocycles. The number of esters is 1. The van der Waals surface area contributed by atoms with Crippen LogP contribution in [0, 0.1) is 0 Å². The van der Waals surface area contributed by atoms with Gasteiger partial charge in [0, 0.05) is 18.5 Å². The van der Waals surface area contributed by atoms with Gasteiger partial charge in [0.25, 0.3) is 0 Å². The zero-order valence-electron chi connectivity index (χ0n) is 11.2. The molecule has 7 nitrogen and oxygen atoms in total. The van der Waals surface area contributed by atoms with Gasteiger partial charge in [0.2, 0.25) is 0 Å². The molecule has 1 rings (SSSR count).